The zero-order valence-corrected chi connectivity index (χ0v) is 13.5. The number of aliphatic hydroxyl groups excluding tert-OH is 1. The highest BCUT2D eigenvalue weighted by Gasteiger charge is 2.33. The first-order valence-electron chi connectivity index (χ1n) is 8.14. The second kappa shape index (κ2) is 6.46. The third-order valence-electron chi connectivity index (χ3n) is 4.93. The summed E-state index contributed by atoms with van der Waals surface area (Å²) < 4.78 is 0. The Bertz CT molecular complexity index is 790. The molecular weight excluding hydrogens is 302 g/mol. The Morgan fingerprint density at radius 3 is 2.58 bits per heavy atom. The predicted octanol–water partition coefficient (Wildman–Crippen LogP) is 2.37. The SMILES string of the molecule is N#Cc1c(N)nc(N)nc1-c1cccc(C2(CO)CCCCC2)c1. The minimum Gasteiger partial charge on any atom is -0.395 e. The van der Waals surface area contributed by atoms with Crippen molar-refractivity contribution in [2.24, 2.45) is 0 Å². The molecule has 6 heteroatoms. The molecule has 1 aromatic heterocycles. The van der Waals surface area contributed by atoms with Gasteiger partial charge in [-0.2, -0.15) is 10.2 Å². The van der Waals surface area contributed by atoms with Gasteiger partial charge in [0.2, 0.25) is 5.95 Å². The highest BCUT2D eigenvalue weighted by molar-refractivity contribution is 5.73. The zero-order valence-electron chi connectivity index (χ0n) is 13.5. The van der Waals surface area contributed by atoms with Crippen molar-refractivity contribution in [1.82, 2.24) is 9.97 Å². The topological polar surface area (TPSA) is 122 Å². The van der Waals surface area contributed by atoms with Crippen molar-refractivity contribution in [2.45, 2.75) is 37.5 Å². The Balaban J connectivity index is 2.11. The Kier molecular flexibility index (Phi) is 4.36. The van der Waals surface area contributed by atoms with E-state index in [1.54, 1.807) is 0 Å². The van der Waals surface area contributed by atoms with E-state index in [0.29, 0.717) is 5.69 Å². The standard InChI is InChI=1S/C18H21N5O/c19-10-14-15(22-17(21)23-16(14)20)12-5-4-6-13(9-12)18(11-24)7-2-1-3-8-18/h4-6,9,24H,1-3,7-8,11H2,(H4,20,21,22,23). The fourth-order valence-electron chi connectivity index (χ4n) is 3.58. The average molecular weight is 323 g/mol. The van der Waals surface area contributed by atoms with Crippen LogP contribution in [0, 0.1) is 11.3 Å². The van der Waals surface area contributed by atoms with Gasteiger partial charge in [-0.3, -0.25) is 0 Å². The lowest BCUT2D eigenvalue weighted by atomic mass is 9.69. The van der Waals surface area contributed by atoms with Gasteiger partial charge in [-0.15, -0.1) is 0 Å². The predicted molar refractivity (Wildman–Crippen MR) is 92.9 cm³/mol. The van der Waals surface area contributed by atoms with Crippen LogP contribution in [0.2, 0.25) is 0 Å². The van der Waals surface area contributed by atoms with Gasteiger partial charge in [0.05, 0.1) is 12.3 Å². The van der Waals surface area contributed by atoms with E-state index in [2.05, 4.69) is 16.0 Å². The van der Waals surface area contributed by atoms with Crippen molar-refractivity contribution < 1.29 is 5.11 Å². The first-order valence-corrected chi connectivity index (χ1v) is 8.14. The van der Waals surface area contributed by atoms with Crippen LogP contribution in [0.15, 0.2) is 24.3 Å². The van der Waals surface area contributed by atoms with Gasteiger partial charge in [0.1, 0.15) is 17.5 Å². The van der Waals surface area contributed by atoms with Crippen molar-refractivity contribution in [3.63, 3.8) is 0 Å². The molecule has 1 aliphatic carbocycles. The van der Waals surface area contributed by atoms with E-state index in [9.17, 15) is 10.4 Å². The second-order valence-corrected chi connectivity index (χ2v) is 6.38. The molecule has 5 N–H and O–H groups in total. The average Bonchev–Trinajstić information content (AvgIpc) is 2.62. The monoisotopic (exact) mass is 323 g/mol. The van der Waals surface area contributed by atoms with Gasteiger partial charge in [-0.25, -0.2) is 4.98 Å². The summed E-state index contributed by atoms with van der Waals surface area (Å²) in [5.74, 6) is 0.126. The number of anilines is 2. The third kappa shape index (κ3) is 2.79. The first-order chi connectivity index (χ1) is 11.6. The molecule has 1 aromatic carbocycles. The maximum absolute atomic E-state index is 10.0. The van der Waals surface area contributed by atoms with Crippen LogP contribution in [0.25, 0.3) is 11.3 Å². The Morgan fingerprint density at radius 1 is 1.17 bits per heavy atom. The summed E-state index contributed by atoms with van der Waals surface area (Å²) in [7, 11) is 0. The number of aliphatic hydroxyl groups is 1. The minimum atomic E-state index is -0.217. The van der Waals surface area contributed by atoms with Crippen LogP contribution in [0.4, 0.5) is 11.8 Å². The number of nitrogen functional groups attached to an aromatic ring is 2. The van der Waals surface area contributed by atoms with E-state index in [-0.39, 0.29) is 29.4 Å². The van der Waals surface area contributed by atoms with E-state index in [4.69, 9.17) is 11.5 Å². The molecule has 0 aliphatic heterocycles. The Labute approximate surface area is 141 Å². The number of rotatable bonds is 3. The lowest BCUT2D eigenvalue weighted by Crippen LogP contribution is -2.33. The van der Waals surface area contributed by atoms with Crippen molar-refractivity contribution in [3.8, 4) is 17.3 Å². The fraction of sp³-hybridized carbons (Fsp3) is 0.389. The summed E-state index contributed by atoms with van der Waals surface area (Å²) in [6.45, 7) is 0.121. The van der Waals surface area contributed by atoms with Crippen LogP contribution < -0.4 is 11.5 Å². The smallest absolute Gasteiger partial charge is 0.222 e. The van der Waals surface area contributed by atoms with Crippen LogP contribution >= 0.6 is 0 Å². The van der Waals surface area contributed by atoms with E-state index in [0.717, 1.165) is 36.8 Å². The molecule has 0 atom stereocenters. The number of aromatic nitrogens is 2. The van der Waals surface area contributed by atoms with E-state index >= 15 is 0 Å². The summed E-state index contributed by atoms with van der Waals surface area (Å²) in [4.78, 5) is 8.07. The van der Waals surface area contributed by atoms with E-state index < -0.39 is 0 Å². The van der Waals surface area contributed by atoms with Gasteiger partial charge in [0.15, 0.2) is 0 Å². The zero-order chi connectivity index (χ0) is 17.2. The third-order valence-corrected chi connectivity index (χ3v) is 4.93. The lowest BCUT2D eigenvalue weighted by molar-refractivity contribution is 0.152. The molecule has 3 rings (SSSR count). The van der Waals surface area contributed by atoms with Gasteiger partial charge in [0, 0.05) is 11.0 Å². The summed E-state index contributed by atoms with van der Waals surface area (Å²) in [6, 6.07) is 9.88. The number of benzene rings is 1. The van der Waals surface area contributed by atoms with Crippen LogP contribution in [0.1, 0.15) is 43.2 Å². The molecule has 1 fully saturated rings. The molecule has 0 amide bonds. The van der Waals surface area contributed by atoms with Crippen LogP contribution in [-0.4, -0.2) is 21.7 Å². The quantitative estimate of drug-likeness (QED) is 0.797. The molecule has 1 aliphatic rings. The van der Waals surface area contributed by atoms with Gasteiger partial charge >= 0.3 is 0 Å². The van der Waals surface area contributed by atoms with Crippen molar-refractivity contribution >= 4 is 11.8 Å². The van der Waals surface area contributed by atoms with Crippen molar-refractivity contribution in [3.05, 3.63) is 35.4 Å². The maximum atomic E-state index is 10.0. The van der Waals surface area contributed by atoms with Gasteiger partial charge in [0.25, 0.3) is 0 Å². The molecule has 2 aromatic rings. The van der Waals surface area contributed by atoms with Gasteiger partial charge in [-0.1, -0.05) is 37.5 Å². The molecule has 1 saturated carbocycles. The second-order valence-electron chi connectivity index (χ2n) is 6.38. The number of hydrogen-bond acceptors (Lipinski definition) is 6. The van der Waals surface area contributed by atoms with Crippen molar-refractivity contribution in [2.75, 3.05) is 18.1 Å². The molecule has 24 heavy (non-hydrogen) atoms. The normalized spacial score (nSPS) is 16.5. The maximum Gasteiger partial charge on any atom is 0.222 e. The molecule has 124 valence electrons. The highest BCUT2D eigenvalue weighted by atomic mass is 16.3. The number of nitrogens with zero attached hydrogens (tertiary/aromatic N) is 3. The lowest BCUT2D eigenvalue weighted by Gasteiger charge is -2.36. The van der Waals surface area contributed by atoms with E-state index in [1.165, 1.54) is 6.42 Å². The fourth-order valence-corrected chi connectivity index (χ4v) is 3.58. The Morgan fingerprint density at radius 2 is 1.92 bits per heavy atom. The molecule has 0 unspecified atom stereocenters. The van der Waals surface area contributed by atoms with Gasteiger partial charge < -0.3 is 16.6 Å². The van der Waals surface area contributed by atoms with Crippen molar-refractivity contribution in [1.29, 1.82) is 5.26 Å². The van der Waals surface area contributed by atoms with Crippen LogP contribution in [0.3, 0.4) is 0 Å². The molecular formula is C18H21N5O. The van der Waals surface area contributed by atoms with Crippen LogP contribution in [0.5, 0.6) is 0 Å². The summed E-state index contributed by atoms with van der Waals surface area (Å²) in [5.41, 5.74) is 13.8. The minimum absolute atomic E-state index is 0.0430. The summed E-state index contributed by atoms with van der Waals surface area (Å²) in [6.07, 6.45) is 5.36. The molecule has 0 bridgehead atoms. The number of hydrogen-bond donors (Lipinski definition) is 3. The highest BCUT2D eigenvalue weighted by Crippen LogP contribution is 2.40. The number of nitrogens with two attached hydrogens (primary N) is 2. The largest absolute Gasteiger partial charge is 0.395 e. The molecule has 0 spiro atoms. The molecule has 1 heterocycles. The molecule has 6 nitrogen and oxygen atoms in total. The molecule has 0 radical (unpaired) electrons. The first kappa shape index (κ1) is 16.2. The molecule has 0 saturated heterocycles. The van der Waals surface area contributed by atoms with Gasteiger partial charge in [-0.05, 0) is 24.5 Å². The van der Waals surface area contributed by atoms with E-state index in [1.807, 2.05) is 24.3 Å². The summed E-state index contributed by atoms with van der Waals surface area (Å²) in [5, 5.41) is 19.4. The number of nitriles is 1. The Hall–Kier alpha value is -2.65. The summed E-state index contributed by atoms with van der Waals surface area (Å²) >= 11 is 0. The van der Waals surface area contributed by atoms with Crippen LogP contribution in [-0.2, 0) is 5.41 Å².